The van der Waals surface area contributed by atoms with Gasteiger partial charge in [-0.3, -0.25) is 4.79 Å². The Hall–Kier alpha value is -1.71. The van der Waals surface area contributed by atoms with E-state index in [-0.39, 0.29) is 19.1 Å². The molecule has 6 heteroatoms. The molecule has 1 rings (SSSR count). The summed E-state index contributed by atoms with van der Waals surface area (Å²) in [7, 11) is 0. The van der Waals surface area contributed by atoms with E-state index in [9.17, 15) is 9.90 Å². The minimum Gasteiger partial charge on any atom is -0.490 e. The van der Waals surface area contributed by atoms with Gasteiger partial charge >= 0.3 is 0 Å². The van der Waals surface area contributed by atoms with Crippen LogP contribution in [-0.2, 0) is 11.4 Å². The maximum atomic E-state index is 11.8. The molecule has 1 atom stereocenters. The molecule has 0 heterocycles. The van der Waals surface area contributed by atoms with Gasteiger partial charge in [-0.25, -0.2) is 0 Å². The molecule has 1 aromatic carbocycles. The molecule has 5 nitrogen and oxygen atoms in total. The van der Waals surface area contributed by atoms with E-state index >= 15 is 0 Å². The standard InChI is InChI=1S/C15H18BrNO4/c1-4-6-17-15(19)10(3)21-14-12(16)7-11(9-18)8-13(14)20-5-2/h1,7-8,10,18H,5-6,9H2,2-3H3,(H,17,19). The largest absolute Gasteiger partial charge is 0.490 e. The van der Waals surface area contributed by atoms with Crippen LogP contribution in [0.5, 0.6) is 11.5 Å². The third-order valence-electron chi connectivity index (χ3n) is 2.58. The maximum Gasteiger partial charge on any atom is 0.261 e. The summed E-state index contributed by atoms with van der Waals surface area (Å²) < 4.78 is 11.8. The highest BCUT2D eigenvalue weighted by Gasteiger charge is 2.19. The maximum absolute atomic E-state index is 11.8. The summed E-state index contributed by atoms with van der Waals surface area (Å²) in [6.45, 7) is 3.93. The Labute approximate surface area is 132 Å². The second kappa shape index (κ2) is 8.55. The monoisotopic (exact) mass is 355 g/mol. The van der Waals surface area contributed by atoms with Crippen LogP contribution in [0.15, 0.2) is 16.6 Å². The lowest BCUT2D eigenvalue weighted by molar-refractivity contribution is -0.127. The van der Waals surface area contributed by atoms with E-state index in [1.54, 1.807) is 19.1 Å². The molecule has 114 valence electrons. The number of amides is 1. The number of ether oxygens (including phenoxy) is 2. The van der Waals surface area contributed by atoms with Gasteiger partial charge in [-0.2, -0.15) is 0 Å². The zero-order chi connectivity index (χ0) is 15.8. The van der Waals surface area contributed by atoms with Crippen molar-refractivity contribution in [2.75, 3.05) is 13.2 Å². The van der Waals surface area contributed by atoms with Gasteiger partial charge in [0.1, 0.15) is 0 Å². The van der Waals surface area contributed by atoms with E-state index in [4.69, 9.17) is 15.9 Å². The van der Waals surface area contributed by atoms with Crippen LogP contribution in [0.25, 0.3) is 0 Å². The van der Waals surface area contributed by atoms with Gasteiger partial charge in [-0.15, -0.1) is 6.42 Å². The van der Waals surface area contributed by atoms with Crippen molar-refractivity contribution in [3.8, 4) is 23.8 Å². The van der Waals surface area contributed by atoms with E-state index in [0.29, 0.717) is 28.1 Å². The summed E-state index contributed by atoms with van der Waals surface area (Å²) in [4.78, 5) is 11.8. The van der Waals surface area contributed by atoms with Crippen molar-refractivity contribution >= 4 is 21.8 Å². The minimum absolute atomic E-state index is 0.114. The number of hydrogen-bond donors (Lipinski definition) is 2. The minimum atomic E-state index is -0.728. The first-order chi connectivity index (χ1) is 10.0. The van der Waals surface area contributed by atoms with Crippen molar-refractivity contribution in [2.24, 2.45) is 0 Å². The van der Waals surface area contributed by atoms with E-state index in [0.717, 1.165) is 0 Å². The molecule has 1 aromatic rings. The molecule has 0 aliphatic rings. The van der Waals surface area contributed by atoms with E-state index < -0.39 is 6.10 Å². The van der Waals surface area contributed by atoms with Gasteiger partial charge in [0.15, 0.2) is 17.6 Å². The molecule has 0 spiro atoms. The third kappa shape index (κ3) is 4.96. The number of hydrogen-bond acceptors (Lipinski definition) is 4. The van der Waals surface area contributed by atoms with Crippen LogP contribution in [0, 0.1) is 12.3 Å². The van der Waals surface area contributed by atoms with Crippen molar-refractivity contribution in [3.63, 3.8) is 0 Å². The molecule has 0 radical (unpaired) electrons. The first kappa shape index (κ1) is 17.3. The first-order valence-electron chi connectivity index (χ1n) is 6.47. The molecule has 0 aliphatic heterocycles. The van der Waals surface area contributed by atoms with Crippen LogP contribution < -0.4 is 14.8 Å². The van der Waals surface area contributed by atoms with Crippen LogP contribution in [0.1, 0.15) is 19.4 Å². The number of carbonyl (C=O) groups excluding carboxylic acids is 1. The van der Waals surface area contributed by atoms with Crippen LogP contribution in [0.4, 0.5) is 0 Å². The number of carbonyl (C=O) groups is 1. The average Bonchev–Trinajstić information content (AvgIpc) is 2.47. The lowest BCUT2D eigenvalue weighted by Crippen LogP contribution is -2.36. The highest BCUT2D eigenvalue weighted by molar-refractivity contribution is 9.10. The van der Waals surface area contributed by atoms with Gasteiger partial charge in [-0.05, 0) is 47.5 Å². The van der Waals surface area contributed by atoms with Gasteiger partial charge in [-0.1, -0.05) is 5.92 Å². The number of halogens is 1. The summed E-state index contributed by atoms with van der Waals surface area (Å²) in [5.41, 5.74) is 0.683. The van der Waals surface area contributed by atoms with E-state index in [1.807, 2.05) is 6.92 Å². The third-order valence-corrected chi connectivity index (χ3v) is 3.17. The van der Waals surface area contributed by atoms with Crippen molar-refractivity contribution in [2.45, 2.75) is 26.6 Å². The van der Waals surface area contributed by atoms with E-state index in [2.05, 4.69) is 27.2 Å². The molecule has 2 N–H and O–H groups in total. The molecule has 21 heavy (non-hydrogen) atoms. The van der Waals surface area contributed by atoms with Crippen LogP contribution >= 0.6 is 15.9 Å². The van der Waals surface area contributed by atoms with Crippen LogP contribution in [0.3, 0.4) is 0 Å². The smallest absolute Gasteiger partial charge is 0.261 e. The molecular weight excluding hydrogens is 338 g/mol. The summed E-state index contributed by atoms with van der Waals surface area (Å²) in [5, 5.41) is 11.8. The predicted molar refractivity (Wildman–Crippen MR) is 83.2 cm³/mol. The number of benzene rings is 1. The van der Waals surface area contributed by atoms with Gasteiger partial charge in [0.05, 0.1) is 24.2 Å². The fourth-order valence-electron chi connectivity index (χ4n) is 1.60. The fraction of sp³-hybridized carbons (Fsp3) is 0.400. The van der Waals surface area contributed by atoms with Gasteiger partial charge < -0.3 is 19.9 Å². The Kier molecular flexibility index (Phi) is 7.06. The van der Waals surface area contributed by atoms with Crippen molar-refractivity contribution in [1.29, 1.82) is 0 Å². The molecule has 0 saturated heterocycles. The van der Waals surface area contributed by atoms with Crippen LogP contribution in [0.2, 0.25) is 0 Å². The van der Waals surface area contributed by atoms with Crippen molar-refractivity contribution < 1.29 is 19.4 Å². The summed E-state index contributed by atoms with van der Waals surface area (Å²) >= 11 is 3.36. The Balaban J connectivity index is 2.95. The van der Waals surface area contributed by atoms with E-state index in [1.165, 1.54) is 0 Å². The SMILES string of the molecule is C#CCNC(=O)C(C)Oc1c(Br)cc(CO)cc1OCC. The Morgan fingerprint density at radius 3 is 2.86 bits per heavy atom. The molecule has 0 aromatic heterocycles. The highest BCUT2D eigenvalue weighted by atomic mass is 79.9. The lowest BCUT2D eigenvalue weighted by Gasteiger charge is -2.18. The zero-order valence-corrected chi connectivity index (χ0v) is 13.6. The molecule has 0 aliphatic carbocycles. The first-order valence-corrected chi connectivity index (χ1v) is 7.26. The number of aliphatic hydroxyl groups is 1. The normalized spacial score (nSPS) is 11.4. The Morgan fingerprint density at radius 2 is 2.29 bits per heavy atom. The Bertz CT molecular complexity index is 539. The van der Waals surface area contributed by atoms with Crippen molar-refractivity contribution in [3.05, 3.63) is 22.2 Å². The van der Waals surface area contributed by atoms with Crippen molar-refractivity contribution in [1.82, 2.24) is 5.32 Å². The summed E-state index contributed by atoms with van der Waals surface area (Å²) in [5.74, 6) is 2.89. The molecule has 1 amide bonds. The predicted octanol–water partition coefficient (Wildman–Crippen LogP) is 1.86. The summed E-state index contributed by atoms with van der Waals surface area (Å²) in [6, 6.07) is 3.39. The Morgan fingerprint density at radius 1 is 1.57 bits per heavy atom. The average molecular weight is 356 g/mol. The molecule has 0 saturated carbocycles. The molecular formula is C15H18BrNO4. The quantitative estimate of drug-likeness (QED) is 0.732. The molecule has 0 bridgehead atoms. The van der Waals surface area contributed by atoms with Gasteiger partial charge in [0.2, 0.25) is 0 Å². The highest BCUT2D eigenvalue weighted by Crippen LogP contribution is 2.37. The number of aliphatic hydroxyl groups excluding tert-OH is 1. The number of nitrogens with one attached hydrogen (secondary N) is 1. The zero-order valence-electron chi connectivity index (χ0n) is 12.0. The molecule has 1 unspecified atom stereocenters. The summed E-state index contributed by atoms with van der Waals surface area (Å²) in [6.07, 6.45) is 4.36. The lowest BCUT2D eigenvalue weighted by atomic mass is 10.2. The second-order valence-corrected chi connectivity index (χ2v) is 5.03. The fourth-order valence-corrected chi connectivity index (χ4v) is 2.19. The number of terminal acetylenes is 1. The van der Waals surface area contributed by atoms with Crippen LogP contribution in [-0.4, -0.2) is 30.3 Å². The topological polar surface area (TPSA) is 67.8 Å². The van der Waals surface area contributed by atoms with Gasteiger partial charge in [0, 0.05) is 0 Å². The second-order valence-electron chi connectivity index (χ2n) is 4.18. The van der Waals surface area contributed by atoms with Gasteiger partial charge in [0.25, 0.3) is 5.91 Å². The number of rotatable bonds is 7. The molecule has 0 fully saturated rings.